The Morgan fingerprint density at radius 1 is 1.05 bits per heavy atom. The van der Waals surface area contributed by atoms with Crippen LogP contribution in [0.3, 0.4) is 0 Å². The molecule has 4 heteroatoms. The van der Waals surface area contributed by atoms with E-state index in [4.69, 9.17) is 5.73 Å². The summed E-state index contributed by atoms with van der Waals surface area (Å²) in [6, 6.07) is 13.8. The molecule has 0 heterocycles. The maximum Gasteiger partial charge on any atom is 0.224 e. The number of hydrogen-bond acceptors (Lipinski definition) is 2. The third-order valence-corrected chi connectivity index (χ3v) is 2.97. The molecule has 0 saturated heterocycles. The Kier molecular flexibility index (Phi) is 4.85. The Balaban J connectivity index is 1.88. The van der Waals surface area contributed by atoms with Gasteiger partial charge in [-0.05, 0) is 28.8 Å². The molecule has 3 nitrogen and oxygen atoms in total. The van der Waals surface area contributed by atoms with Crippen LogP contribution in [0.25, 0.3) is 0 Å². The minimum atomic E-state index is -0.328. The van der Waals surface area contributed by atoms with Gasteiger partial charge >= 0.3 is 0 Å². The lowest BCUT2D eigenvalue weighted by Gasteiger charge is -2.07. The summed E-state index contributed by atoms with van der Waals surface area (Å²) in [7, 11) is 0. The fraction of sp³-hybridized carbons (Fsp3) is 0.188. The number of halogens is 1. The molecule has 0 aromatic heterocycles. The van der Waals surface area contributed by atoms with E-state index in [1.807, 2.05) is 24.3 Å². The topological polar surface area (TPSA) is 55.1 Å². The van der Waals surface area contributed by atoms with E-state index in [1.54, 1.807) is 12.1 Å². The predicted octanol–water partition coefficient (Wildman–Crippen LogP) is 2.14. The molecular formula is C16H17FN2O. The Morgan fingerprint density at radius 2 is 1.75 bits per heavy atom. The molecule has 0 aliphatic heterocycles. The van der Waals surface area contributed by atoms with Crippen LogP contribution < -0.4 is 11.1 Å². The molecule has 1 amide bonds. The number of hydrogen-bond donors (Lipinski definition) is 2. The summed E-state index contributed by atoms with van der Waals surface area (Å²) < 4.78 is 13.0. The summed E-state index contributed by atoms with van der Waals surface area (Å²) >= 11 is 0. The van der Waals surface area contributed by atoms with E-state index >= 15 is 0 Å². The number of nitrogens with one attached hydrogen (secondary N) is 1. The first-order chi connectivity index (χ1) is 9.67. The first-order valence-electron chi connectivity index (χ1n) is 6.46. The summed E-state index contributed by atoms with van der Waals surface area (Å²) in [6.45, 7) is 0.924. The summed E-state index contributed by atoms with van der Waals surface area (Å²) in [5.41, 5.74) is 8.26. The monoisotopic (exact) mass is 272 g/mol. The molecule has 0 radical (unpaired) electrons. The van der Waals surface area contributed by atoms with Gasteiger partial charge in [-0.15, -0.1) is 0 Å². The van der Waals surface area contributed by atoms with Gasteiger partial charge in [0.1, 0.15) is 5.82 Å². The number of benzene rings is 2. The average Bonchev–Trinajstić information content (AvgIpc) is 2.45. The van der Waals surface area contributed by atoms with Crippen molar-refractivity contribution in [3.63, 3.8) is 0 Å². The molecule has 0 spiro atoms. The van der Waals surface area contributed by atoms with Crippen LogP contribution in [0, 0.1) is 5.82 Å². The van der Waals surface area contributed by atoms with Crippen LogP contribution in [0.4, 0.5) is 4.39 Å². The van der Waals surface area contributed by atoms with E-state index in [0.717, 1.165) is 11.1 Å². The maximum absolute atomic E-state index is 13.0. The average molecular weight is 272 g/mol. The van der Waals surface area contributed by atoms with Crippen LogP contribution in [0.2, 0.25) is 0 Å². The molecule has 0 unspecified atom stereocenters. The van der Waals surface area contributed by atoms with Crippen LogP contribution in [-0.2, 0) is 24.3 Å². The van der Waals surface area contributed by atoms with Crippen LogP contribution in [-0.4, -0.2) is 5.91 Å². The van der Waals surface area contributed by atoms with Crippen LogP contribution in [0.15, 0.2) is 48.5 Å². The van der Waals surface area contributed by atoms with Gasteiger partial charge in [0.2, 0.25) is 5.91 Å². The lowest BCUT2D eigenvalue weighted by molar-refractivity contribution is -0.120. The number of rotatable bonds is 5. The zero-order chi connectivity index (χ0) is 14.4. The van der Waals surface area contributed by atoms with Crippen LogP contribution in [0.1, 0.15) is 16.7 Å². The van der Waals surface area contributed by atoms with Crippen molar-refractivity contribution in [3.05, 3.63) is 71.0 Å². The van der Waals surface area contributed by atoms with Gasteiger partial charge in [0.15, 0.2) is 0 Å². The van der Waals surface area contributed by atoms with Crippen molar-refractivity contribution in [2.75, 3.05) is 0 Å². The van der Waals surface area contributed by atoms with Crippen LogP contribution >= 0.6 is 0 Å². The van der Waals surface area contributed by atoms with E-state index in [1.165, 1.54) is 12.1 Å². The summed E-state index contributed by atoms with van der Waals surface area (Å²) in [6.07, 6.45) is 0.175. The molecule has 0 bridgehead atoms. The molecule has 20 heavy (non-hydrogen) atoms. The molecule has 2 aromatic carbocycles. The molecule has 104 valence electrons. The minimum Gasteiger partial charge on any atom is -0.352 e. The zero-order valence-corrected chi connectivity index (χ0v) is 11.1. The largest absolute Gasteiger partial charge is 0.352 e. The lowest BCUT2D eigenvalue weighted by Crippen LogP contribution is -2.24. The smallest absolute Gasteiger partial charge is 0.224 e. The molecule has 0 aliphatic carbocycles. The number of carbonyl (C=O) groups excluding carboxylic acids is 1. The molecule has 0 saturated carbocycles. The second-order valence-corrected chi connectivity index (χ2v) is 4.61. The fourth-order valence-corrected chi connectivity index (χ4v) is 1.96. The van der Waals surface area contributed by atoms with Gasteiger partial charge in [-0.3, -0.25) is 4.79 Å². The van der Waals surface area contributed by atoms with E-state index in [-0.39, 0.29) is 18.1 Å². The Morgan fingerprint density at radius 3 is 2.50 bits per heavy atom. The standard InChI is InChI=1S/C16H17FN2O/c17-15-6-2-3-12(8-15)9-16(20)19-11-14-5-1-4-13(7-14)10-18/h1-8H,9-11,18H2,(H,19,20). The predicted molar refractivity (Wildman–Crippen MR) is 76.3 cm³/mol. The Hall–Kier alpha value is -2.20. The summed E-state index contributed by atoms with van der Waals surface area (Å²) in [5, 5.41) is 2.82. The van der Waals surface area contributed by atoms with E-state index in [0.29, 0.717) is 18.7 Å². The van der Waals surface area contributed by atoms with E-state index < -0.39 is 0 Å². The lowest BCUT2D eigenvalue weighted by atomic mass is 10.1. The van der Waals surface area contributed by atoms with Gasteiger partial charge in [0, 0.05) is 13.1 Å². The van der Waals surface area contributed by atoms with Crippen molar-refractivity contribution >= 4 is 5.91 Å². The van der Waals surface area contributed by atoms with Crippen molar-refractivity contribution < 1.29 is 9.18 Å². The molecular weight excluding hydrogens is 255 g/mol. The normalized spacial score (nSPS) is 10.3. The molecule has 0 fully saturated rings. The van der Waals surface area contributed by atoms with Gasteiger partial charge < -0.3 is 11.1 Å². The van der Waals surface area contributed by atoms with Crippen molar-refractivity contribution in [2.24, 2.45) is 5.73 Å². The molecule has 2 aromatic rings. The Labute approximate surface area is 117 Å². The first-order valence-corrected chi connectivity index (χ1v) is 6.46. The molecule has 3 N–H and O–H groups in total. The number of carbonyl (C=O) groups is 1. The SMILES string of the molecule is NCc1cccc(CNC(=O)Cc2cccc(F)c2)c1. The molecule has 0 aliphatic rings. The third-order valence-electron chi connectivity index (χ3n) is 2.97. The fourth-order valence-electron chi connectivity index (χ4n) is 1.96. The number of nitrogens with two attached hydrogens (primary N) is 1. The van der Waals surface area contributed by atoms with Gasteiger partial charge in [0.25, 0.3) is 0 Å². The van der Waals surface area contributed by atoms with E-state index in [2.05, 4.69) is 5.32 Å². The molecule has 2 rings (SSSR count). The molecule has 0 atom stereocenters. The summed E-state index contributed by atoms with van der Waals surface area (Å²) in [4.78, 5) is 11.8. The highest BCUT2D eigenvalue weighted by Crippen LogP contribution is 2.06. The van der Waals surface area contributed by atoms with Crippen molar-refractivity contribution in [1.29, 1.82) is 0 Å². The maximum atomic E-state index is 13.0. The van der Waals surface area contributed by atoms with Gasteiger partial charge in [-0.1, -0.05) is 36.4 Å². The third kappa shape index (κ3) is 4.17. The van der Waals surface area contributed by atoms with Crippen molar-refractivity contribution in [1.82, 2.24) is 5.32 Å². The highest BCUT2D eigenvalue weighted by atomic mass is 19.1. The second-order valence-electron chi connectivity index (χ2n) is 4.61. The summed E-state index contributed by atoms with van der Waals surface area (Å²) in [5.74, 6) is -0.459. The minimum absolute atomic E-state index is 0.131. The van der Waals surface area contributed by atoms with Gasteiger partial charge in [0.05, 0.1) is 6.42 Å². The Bertz CT molecular complexity index is 599. The van der Waals surface area contributed by atoms with Crippen molar-refractivity contribution in [3.8, 4) is 0 Å². The van der Waals surface area contributed by atoms with E-state index in [9.17, 15) is 9.18 Å². The highest BCUT2D eigenvalue weighted by Gasteiger charge is 2.04. The van der Waals surface area contributed by atoms with Gasteiger partial charge in [-0.25, -0.2) is 4.39 Å². The van der Waals surface area contributed by atoms with Crippen molar-refractivity contribution in [2.45, 2.75) is 19.5 Å². The second kappa shape index (κ2) is 6.82. The quantitative estimate of drug-likeness (QED) is 0.876. The number of amides is 1. The zero-order valence-electron chi connectivity index (χ0n) is 11.1. The van der Waals surface area contributed by atoms with Crippen LogP contribution in [0.5, 0.6) is 0 Å². The first kappa shape index (κ1) is 14.2. The van der Waals surface area contributed by atoms with Gasteiger partial charge in [-0.2, -0.15) is 0 Å². The highest BCUT2D eigenvalue weighted by molar-refractivity contribution is 5.78.